The maximum atomic E-state index is 12.5. The van der Waals surface area contributed by atoms with E-state index in [4.69, 9.17) is 15.2 Å². The molecule has 2 N–H and O–H groups in total. The molecule has 6 nitrogen and oxygen atoms in total. The summed E-state index contributed by atoms with van der Waals surface area (Å²) in [6.45, 7) is 4.47. The molecular weight excluding hydrogens is 260 g/mol. The molecule has 0 atom stereocenters. The fourth-order valence-electron chi connectivity index (χ4n) is 2.84. The molecule has 2 aliphatic rings. The van der Waals surface area contributed by atoms with Gasteiger partial charge in [0.25, 0.3) is 0 Å². The van der Waals surface area contributed by atoms with Crippen molar-refractivity contribution >= 4 is 11.9 Å². The van der Waals surface area contributed by atoms with Crippen molar-refractivity contribution in [3.8, 4) is 0 Å². The number of likely N-dealkylation sites (tertiary alicyclic amines) is 1. The van der Waals surface area contributed by atoms with E-state index in [1.165, 1.54) is 0 Å². The van der Waals surface area contributed by atoms with E-state index in [-0.39, 0.29) is 17.8 Å². The number of nitrogens with two attached hydrogens (primary N) is 1. The molecule has 2 heterocycles. The Labute approximate surface area is 119 Å². The molecule has 0 saturated carbocycles. The van der Waals surface area contributed by atoms with E-state index < -0.39 is 5.54 Å². The highest BCUT2D eigenvalue weighted by atomic mass is 16.5. The van der Waals surface area contributed by atoms with E-state index in [2.05, 4.69) is 0 Å². The molecule has 0 spiro atoms. The smallest absolute Gasteiger partial charge is 0.309 e. The lowest BCUT2D eigenvalue weighted by molar-refractivity contribution is -0.152. The van der Waals surface area contributed by atoms with Crippen LogP contribution in [0, 0.1) is 5.92 Å². The van der Waals surface area contributed by atoms with Gasteiger partial charge in [0.05, 0.1) is 18.1 Å². The van der Waals surface area contributed by atoms with Gasteiger partial charge in [0.1, 0.15) is 0 Å². The van der Waals surface area contributed by atoms with Gasteiger partial charge in [0.2, 0.25) is 5.91 Å². The second kappa shape index (κ2) is 6.54. The van der Waals surface area contributed by atoms with E-state index in [0.717, 1.165) is 0 Å². The van der Waals surface area contributed by atoms with E-state index in [1.54, 1.807) is 11.8 Å². The maximum absolute atomic E-state index is 12.5. The summed E-state index contributed by atoms with van der Waals surface area (Å²) in [5.41, 5.74) is 5.43. The number of hydrogen-bond acceptors (Lipinski definition) is 5. The number of carbonyl (C=O) groups excluding carboxylic acids is 2. The second-order valence-corrected chi connectivity index (χ2v) is 5.59. The van der Waals surface area contributed by atoms with Gasteiger partial charge in [-0.15, -0.1) is 0 Å². The number of amides is 1. The number of rotatable bonds is 3. The molecule has 0 aromatic carbocycles. The fraction of sp³-hybridized carbons (Fsp3) is 0.857. The first-order valence-corrected chi connectivity index (χ1v) is 7.39. The zero-order valence-corrected chi connectivity index (χ0v) is 12.1. The molecule has 0 aliphatic carbocycles. The summed E-state index contributed by atoms with van der Waals surface area (Å²) in [4.78, 5) is 26.0. The summed E-state index contributed by atoms with van der Waals surface area (Å²) < 4.78 is 10.3. The summed E-state index contributed by atoms with van der Waals surface area (Å²) >= 11 is 0. The van der Waals surface area contributed by atoms with Gasteiger partial charge in [-0.3, -0.25) is 9.59 Å². The van der Waals surface area contributed by atoms with Crippen LogP contribution in [0.1, 0.15) is 32.6 Å². The van der Waals surface area contributed by atoms with Gasteiger partial charge in [-0.25, -0.2) is 0 Å². The molecule has 0 radical (unpaired) electrons. The van der Waals surface area contributed by atoms with Crippen LogP contribution in [0.25, 0.3) is 0 Å². The van der Waals surface area contributed by atoms with Crippen molar-refractivity contribution in [3.63, 3.8) is 0 Å². The van der Waals surface area contributed by atoms with Crippen LogP contribution in [0.2, 0.25) is 0 Å². The van der Waals surface area contributed by atoms with Gasteiger partial charge in [0, 0.05) is 26.3 Å². The number of piperidine rings is 1. The topological polar surface area (TPSA) is 81.9 Å². The van der Waals surface area contributed by atoms with Crippen molar-refractivity contribution in [2.24, 2.45) is 11.7 Å². The Balaban J connectivity index is 1.87. The van der Waals surface area contributed by atoms with Crippen molar-refractivity contribution in [2.75, 3.05) is 32.9 Å². The Morgan fingerprint density at radius 2 is 1.90 bits per heavy atom. The van der Waals surface area contributed by atoms with E-state index in [9.17, 15) is 9.59 Å². The van der Waals surface area contributed by atoms with Gasteiger partial charge in [-0.05, 0) is 32.6 Å². The third-order valence-corrected chi connectivity index (χ3v) is 4.21. The van der Waals surface area contributed by atoms with Gasteiger partial charge >= 0.3 is 5.97 Å². The standard InChI is InChI=1S/C14H24N2O4/c1-2-20-12(17)11-3-7-16(8-4-11)13(18)14(15)5-9-19-10-6-14/h11H,2-10,15H2,1H3. The Hall–Kier alpha value is -1.14. The maximum Gasteiger partial charge on any atom is 0.309 e. The highest BCUT2D eigenvalue weighted by Gasteiger charge is 2.40. The van der Waals surface area contributed by atoms with Crippen molar-refractivity contribution in [2.45, 2.75) is 38.1 Å². The predicted molar refractivity (Wildman–Crippen MR) is 72.9 cm³/mol. The summed E-state index contributed by atoms with van der Waals surface area (Å²) in [5, 5.41) is 0. The number of ether oxygens (including phenoxy) is 2. The Morgan fingerprint density at radius 3 is 2.45 bits per heavy atom. The first kappa shape index (κ1) is 15.3. The summed E-state index contributed by atoms with van der Waals surface area (Å²) in [7, 11) is 0. The molecular formula is C14H24N2O4. The van der Waals surface area contributed by atoms with E-state index in [0.29, 0.717) is 58.6 Å². The third kappa shape index (κ3) is 3.30. The van der Waals surface area contributed by atoms with Crippen LogP contribution in [-0.4, -0.2) is 55.2 Å². The van der Waals surface area contributed by atoms with Crippen molar-refractivity contribution < 1.29 is 19.1 Å². The van der Waals surface area contributed by atoms with E-state index >= 15 is 0 Å². The quantitative estimate of drug-likeness (QED) is 0.754. The highest BCUT2D eigenvalue weighted by molar-refractivity contribution is 5.86. The van der Waals surface area contributed by atoms with Crippen LogP contribution in [0.5, 0.6) is 0 Å². The van der Waals surface area contributed by atoms with Crippen molar-refractivity contribution in [3.05, 3.63) is 0 Å². The molecule has 0 aromatic rings. The van der Waals surface area contributed by atoms with Gasteiger partial charge in [-0.1, -0.05) is 0 Å². The average Bonchev–Trinajstić information content (AvgIpc) is 2.48. The van der Waals surface area contributed by atoms with Crippen LogP contribution in [-0.2, 0) is 19.1 Å². The van der Waals surface area contributed by atoms with Crippen molar-refractivity contribution in [1.82, 2.24) is 4.90 Å². The summed E-state index contributed by atoms with van der Waals surface area (Å²) in [6, 6.07) is 0. The molecule has 6 heteroatoms. The largest absolute Gasteiger partial charge is 0.466 e. The third-order valence-electron chi connectivity index (χ3n) is 4.21. The zero-order chi connectivity index (χ0) is 14.6. The number of nitrogens with zero attached hydrogens (tertiary/aromatic N) is 1. The molecule has 2 fully saturated rings. The minimum atomic E-state index is -0.783. The normalized spacial score (nSPS) is 23.4. The summed E-state index contributed by atoms with van der Waals surface area (Å²) in [6.07, 6.45) is 2.47. The lowest BCUT2D eigenvalue weighted by Gasteiger charge is -2.39. The van der Waals surface area contributed by atoms with Crippen LogP contribution in [0.4, 0.5) is 0 Å². The molecule has 114 valence electrons. The van der Waals surface area contributed by atoms with E-state index in [1.807, 2.05) is 0 Å². The van der Waals surface area contributed by atoms with Gasteiger partial charge in [-0.2, -0.15) is 0 Å². The van der Waals surface area contributed by atoms with Crippen LogP contribution in [0.3, 0.4) is 0 Å². The molecule has 0 bridgehead atoms. The molecule has 2 saturated heterocycles. The number of esters is 1. The Kier molecular flexibility index (Phi) is 4.99. The molecule has 0 unspecified atom stereocenters. The monoisotopic (exact) mass is 284 g/mol. The van der Waals surface area contributed by atoms with Crippen LogP contribution < -0.4 is 5.73 Å². The van der Waals surface area contributed by atoms with Crippen molar-refractivity contribution in [1.29, 1.82) is 0 Å². The minimum Gasteiger partial charge on any atom is -0.466 e. The lowest BCUT2D eigenvalue weighted by atomic mass is 9.88. The molecule has 2 aliphatic heterocycles. The number of carbonyl (C=O) groups is 2. The molecule has 2 rings (SSSR count). The van der Waals surface area contributed by atoms with Gasteiger partial charge in [0.15, 0.2) is 0 Å². The fourth-order valence-corrected chi connectivity index (χ4v) is 2.84. The molecule has 0 aromatic heterocycles. The SMILES string of the molecule is CCOC(=O)C1CCN(C(=O)C2(N)CCOCC2)CC1. The zero-order valence-electron chi connectivity index (χ0n) is 12.1. The molecule has 20 heavy (non-hydrogen) atoms. The Morgan fingerprint density at radius 1 is 1.30 bits per heavy atom. The second-order valence-electron chi connectivity index (χ2n) is 5.59. The first-order chi connectivity index (χ1) is 9.57. The highest BCUT2D eigenvalue weighted by Crippen LogP contribution is 2.25. The minimum absolute atomic E-state index is 0.00288. The van der Waals surface area contributed by atoms with Gasteiger partial charge < -0.3 is 20.1 Å². The number of hydrogen-bond donors (Lipinski definition) is 1. The van der Waals surface area contributed by atoms with Crippen LogP contribution in [0.15, 0.2) is 0 Å². The lowest BCUT2D eigenvalue weighted by Crippen LogP contribution is -2.59. The predicted octanol–water partition coefficient (Wildman–Crippen LogP) is 0.296. The van der Waals surface area contributed by atoms with Crippen LogP contribution >= 0.6 is 0 Å². The molecule has 1 amide bonds. The average molecular weight is 284 g/mol. The Bertz CT molecular complexity index is 358. The first-order valence-electron chi connectivity index (χ1n) is 7.39. The summed E-state index contributed by atoms with van der Waals surface area (Å²) in [5.74, 6) is -0.223.